The van der Waals surface area contributed by atoms with Crippen LogP contribution in [0.3, 0.4) is 0 Å². The second kappa shape index (κ2) is 5.67. The average molecular weight is 275 g/mol. The smallest absolute Gasteiger partial charge is 0.337 e. The van der Waals surface area contributed by atoms with Gasteiger partial charge in [0, 0.05) is 0 Å². The minimum Gasteiger partial charge on any atom is -0.478 e. The summed E-state index contributed by atoms with van der Waals surface area (Å²) < 4.78 is 0. The fraction of sp³-hybridized carbons (Fsp3) is 0.143. The van der Waals surface area contributed by atoms with Crippen molar-refractivity contribution in [2.45, 2.75) is 13.3 Å². The lowest BCUT2D eigenvalue weighted by Gasteiger charge is -2.08. The Hall–Kier alpha value is -2.14. The summed E-state index contributed by atoms with van der Waals surface area (Å²) in [7, 11) is 0. The summed E-state index contributed by atoms with van der Waals surface area (Å²) in [4.78, 5) is 23.8. The van der Waals surface area contributed by atoms with Crippen molar-refractivity contribution in [2.75, 3.05) is 5.32 Å². The molecular weight excluding hydrogens is 262 g/mol. The lowest BCUT2D eigenvalue weighted by Crippen LogP contribution is -2.14. The van der Waals surface area contributed by atoms with E-state index in [1.165, 1.54) is 17.4 Å². The summed E-state index contributed by atoms with van der Waals surface area (Å²) in [6.45, 7) is 1.98. The van der Waals surface area contributed by atoms with Crippen LogP contribution in [0.1, 0.15) is 32.5 Å². The van der Waals surface area contributed by atoms with Crippen LogP contribution < -0.4 is 5.32 Å². The van der Waals surface area contributed by atoms with Crippen molar-refractivity contribution in [1.82, 2.24) is 0 Å². The third-order valence-electron chi connectivity index (χ3n) is 2.74. The molecule has 0 spiro atoms. The number of carboxylic acids is 1. The number of aromatic carboxylic acids is 1. The van der Waals surface area contributed by atoms with Crippen molar-refractivity contribution in [2.24, 2.45) is 0 Å². The number of carbonyl (C=O) groups is 2. The molecule has 0 bridgehead atoms. The third-order valence-corrected chi connectivity index (χ3v) is 3.70. The van der Waals surface area contributed by atoms with E-state index in [0.717, 1.165) is 12.0 Å². The molecule has 4 nitrogen and oxygen atoms in total. The highest BCUT2D eigenvalue weighted by atomic mass is 32.1. The quantitative estimate of drug-likeness (QED) is 0.900. The number of hydrogen-bond acceptors (Lipinski definition) is 3. The van der Waals surface area contributed by atoms with Gasteiger partial charge in [0.05, 0.1) is 16.1 Å². The summed E-state index contributed by atoms with van der Waals surface area (Å²) in [5.74, 6) is -1.32. The Morgan fingerprint density at radius 2 is 2.00 bits per heavy atom. The Morgan fingerprint density at radius 1 is 1.26 bits per heavy atom. The second-order valence-corrected chi connectivity index (χ2v) is 4.85. The van der Waals surface area contributed by atoms with Gasteiger partial charge in [0.2, 0.25) is 0 Å². The molecule has 98 valence electrons. The number of anilines is 1. The SMILES string of the molecule is CCc1ccsc1C(=O)Nc1ccccc1C(=O)O. The zero-order chi connectivity index (χ0) is 13.8. The molecule has 0 saturated carbocycles. The molecule has 0 aliphatic carbocycles. The molecule has 0 saturated heterocycles. The lowest BCUT2D eigenvalue weighted by molar-refractivity contribution is 0.0698. The molecule has 0 aliphatic rings. The average Bonchev–Trinajstić information content (AvgIpc) is 2.87. The van der Waals surface area contributed by atoms with Gasteiger partial charge in [0.25, 0.3) is 5.91 Å². The van der Waals surface area contributed by atoms with Crippen molar-refractivity contribution in [3.05, 3.63) is 51.7 Å². The van der Waals surface area contributed by atoms with Gasteiger partial charge in [-0.1, -0.05) is 19.1 Å². The molecule has 1 aromatic heterocycles. The Morgan fingerprint density at radius 3 is 2.68 bits per heavy atom. The van der Waals surface area contributed by atoms with E-state index in [4.69, 9.17) is 5.11 Å². The minimum absolute atomic E-state index is 0.0884. The summed E-state index contributed by atoms with van der Waals surface area (Å²) in [6.07, 6.45) is 0.771. The molecule has 1 aromatic carbocycles. The van der Waals surface area contributed by atoms with E-state index >= 15 is 0 Å². The fourth-order valence-corrected chi connectivity index (χ4v) is 2.66. The first-order valence-electron chi connectivity index (χ1n) is 5.83. The van der Waals surface area contributed by atoms with Crippen LogP contribution in [0.4, 0.5) is 5.69 Å². The number of amides is 1. The van der Waals surface area contributed by atoms with Crippen molar-refractivity contribution in [1.29, 1.82) is 0 Å². The van der Waals surface area contributed by atoms with Crippen LogP contribution >= 0.6 is 11.3 Å². The van der Waals surface area contributed by atoms with Gasteiger partial charge in [-0.15, -0.1) is 11.3 Å². The van der Waals surface area contributed by atoms with Gasteiger partial charge < -0.3 is 10.4 Å². The Balaban J connectivity index is 2.27. The number of carbonyl (C=O) groups excluding carboxylic acids is 1. The number of rotatable bonds is 4. The number of carboxylic acid groups (broad SMARTS) is 1. The van der Waals surface area contributed by atoms with Gasteiger partial charge in [-0.05, 0) is 35.6 Å². The van der Waals surface area contributed by atoms with Crippen LogP contribution in [0.2, 0.25) is 0 Å². The molecule has 2 N–H and O–H groups in total. The first-order chi connectivity index (χ1) is 9.13. The van der Waals surface area contributed by atoms with Gasteiger partial charge in [0.15, 0.2) is 0 Å². The third kappa shape index (κ3) is 2.82. The van der Waals surface area contributed by atoms with E-state index in [-0.39, 0.29) is 11.5 Å². The predicted molar refractivity (Wildman–Crippen MR) is 75.1 cm³/mol. The molecule has 2 aromatic rings. The lowest BCUT2D eigenvalue weighted by atomic mass is 10.1. The number of nitrogens with one attached hydrogen (secondary N) is 1. The molecule has 0 fully saturated rings. The molecule has 0 atom stereocenters. The molecule has 2 rings (SSSR count). The largest absolute Gasteiger partial charge is 0.478 e. The van der Waals surface area contributed by atoms with Crippen molar-refractivity contribution in [3.8, 4) is 0 Å². The fourth-order valence-electron chi connectivity index (χ4n) is 1.77. The summed E-state index contributed by atoms with van der Waals surface area (Å²) in [5, 5.41) is 13.6. The highest BCUT2D eigenvalue weighted by Crippen LogP contribution is 2.21. The van der Waals surface area contributed by atoms with E-state index in [1.807, 2.05) is 18.4 Å². The number of hydrogen-bond donors (Lipinski definition) is 2. The maximum atomic E-state index is 12.1. The predicted octanol–water partition coefficient (Wildman–Crippen LogP) is 3.26. The molecule has 1 heterocycles. The summed E-state index contributed by atoms with van der Waals surface area (Å²) in [6, 6.07) is 8.27. The second-order valence-electron chi connectivity index (χ2n) is 3.93. The summed E-state index contributed by atoms with van der Waals surface area (Å²) >= 11 is 1.36. The topological polar surface area (TPSA) is 66.4 Å². The van der Waals surface area contributed by atoms with E-state index in [0.29, 0.717) is 10.6 Å². The first kappa shape index (κ1) is 13.3. The monoisotopic (exact) mass is 275 g/mol. The van der Waals surface area contributed by atoms with Crippen molar-refractivity contribution >= 4 is 28.9 Å². The highest BCUT2D eigenvalue weighted by molar-refractivity contribution is 7.12. The Bertz CT molecular complexity index is 619. The summed E-state index contributed by atoms with van der Waals surface area (Å²) in [5.41, 5.74) is 1.37. The van der Waals surface area contributed by atoms with Crippen LogP contribution in [-0.4, -0.2) is 17.0 Å². The van der Waals surface area contributed by atoms with E-state index in [9.17, 15) is 9.59 Å². The van der Waals surface area contributed by atoms with E-state index in [1.54, 1.807) is 18.2 Å². The zero-order valence-corrected chi connectivity index (χ0v) is 11.2. The van der Waals surface area contributed by atoms with E-state index in [2.05, 4.69) is 5.32 Å². The molecule has 0 radical (unpaired) electrons. The van der Waals surface area contributed by atoms with Gasteiger partial charge in [-0.2, -0.15) is 0 Å². The maximum absolute atomic E-state index is 12.1. The maximum Gasteiger partial charge on any atom is 0.337 e. The zero-order valence-electron chi connectivity index (χ0n) is 10.3. The minimum atomic E-state index is -1.06. The van der Waals surface area contributed by atoms with Crippen LogP contribution in [0, 0.1) is 0 Å². The van der Waals surface area contributed by atoms with Crippen LogP contribution in [0.15, 0.2) is 35.7 Å². The van der Waals surface area contributed by atoms with Gasteiger partial charge >= 0.3 is 5.97 Å². The molecular formula is C14H13NO3S. The number of aryl methyl sites for hydroxylation is 1. The molecule has 5 heteroatoms. The number of benzene rings is 1. The molecule has 19 heavy (non-hydrogen) atoms. The van der Waals surface area contributed by atoms with Crippen LogP contribution in [0.25, 0.3) is 0 Å². The number of thiophene rings is 1. The van der Waals surface area contributed by atoms with Gasteiger partial charge in [0.1, 0.15) is 0 Å². The highest BCUT2D eigenvalue weighted by Gasteiger charge is 2.15. The first-order valence-corrected chi connectivity index (χ1v) is 6.71. The number of para-hydroxylation sites is 1. The van der Waals surface area contributed by atoms with Crippen LogP contribution in [0.5, 0.6) is 0 Å². The van der Waals surface area contributed by atoms with Gasteiger partial charge in [-0.25, -0.2) is 4.79 Å². The van der Waals surface area contributed by atoms with Gasteiger partial charge in [-0.3, -0.25) is 4.79 Å². The van der Waals surface area contributed by atoms with Crippen molar-refractivity contribution in [3.63, 3.8) is 0 Å². The van der Waals surface area contributed by atoms with E-state index < -0.39 is 5.97 Å². The Kier molecular flexibility index (Phi) is 3.97. The standard InChI is InChI=1S/C14H13NO3S/c1-2-9-7-8-19-12(9)13(16)15-11-6-4-3-5-10(11)14(17)18/h3-8H,2H2,1H3,(H,15,16)(H,17,18). The normalized spacial score (nSPS) is 10.2. The Labute approximate surface area is 114 Å². The molecule has 1 amide bonds. The molecule has 0 unspecified atom stereocenters. The van der Waals surface area contributed by atoms with Crippen molar-refractivity contribution < 1.29 is 14.7 Å². The molecule has 0 aliphatic heterocycles. The van der Waals surface area contributed by atoms with Crippen LogP contribution in [-0.2, 0) is 6.42 Å².